The number of hydrogen-bond acceptors (Lipinski definition) is 2. The van der Waals surface area contributed by atoms with Crippen LogP contribution in [-0.4, -0.2) is 4.98 Å². The van der Waals surface area contributed by atoms with Gasteiger partial charge in [0.1, 0.15) is 0 Å². The molecule has 0 unspecified atom stereocenters. The molecule has 0 aliphatic heterocycles. The molecule has 2 heterocycles. The second-order valence-corrected chi connectivity index (χ2v) is 14.7. The van der Waals surface area contributed by atoms with Crippen molar-refractivity contribution in [3.63, 3.8) is 0 Å². The van der Waals surface area contributed by atoms with Gasteiger partial charge < -0.3 is 4.98 Å². The molecule has 0 fully saturated rings. The van der Waals surface area contributed by atoms with Crippen LogP contribution in [0.15, 0.2) is 170 Å². The average molecular weight is 943 g/mol. The van der Waals surface area contributed by atoms with Crippen molar-refractivity contribution >= 4 is 31.5 Å². The largest absolute Gasteiger partial charge is 3.00 e. The predicted octanol–water partition coefficient (Wildman–Crippen LogP) is 13.0. The van der Waals surface area contributed by atoms with E-state index >= 15 is 0 Å². The van der Waals surface area contributed by atoms with E-state index in [1.54, 1.807) is 0 Å². The van der Waals surface area contributed by atoms with E-state index in [0.29, 0.717) is 0 Å². The normalized spacial score (nSPS) is 10.4. The third-order valence-electron chi connectivity index (χ3n) is 10.1. The summed E-state index contributed by atoms with van der Waals surface area (Å²) in [5.74, 6) is 0. The minimum Gasteiger partial charge on any atom is -0.305 e. The average Bonchev–Trinajstić information content (AvgIpc) is 3.68. The molecule has 0 aliphatic carbocycles. The van der Waals surface area contributed by atoms with E-state index in [0.717, 1.165) is 48.1 Å². The van der Waals surface area contributed by atoms with E-state index in [1.807, 2.05) is 29.7 Å². The van der Waals surface area contributed by atoms with Crippen LogP contribution in [0.4, 0.5) is 0 Å². The van der Waals surface area contributed by atoms with E-state index in [4.69, 9.17) is 14.3 Å². The van der Waals surface area contributed by atoms with Gasteiger partial charge in [-0.2, -0.15) is 71.8 Å². The minimum absolute atomic E-state index is 0. The number of fused-ring (bicyclic) bond motifs is 3. The molecular formula is C53H36IrNO2S. The number of pyridine rings is 1. The van der Waals surface area contributed by atoms with Gasteiger partial charge in [-0.15, -0.1) is 41.2 Å². The molecule has 58 heavy (non-hydrogen) atoms. The van der Waals surface area contributed by atoms with E-state index in [-0.39, 0.29) is 20.1 Å². The molecule has 9 aromatic rings. The van der Waals surface area contributed by atoms with Crippen molar-refractivity contribution in [3.8, 4) is 44.6 Å². The molecular weight excluding hydrogens is 907 g/mol. The molecule has 0 radical (unpaired) electrons. The van der Waals surface area contributed by atoms with Crippen molar-refractivity contribution in [2.24, 2.45) is 0 Å². The van der Waals surface area contributed by atoms with Gasteiger partial charge >= 0.3 is 42.7 Å². The topological polar surface area (TPSA) is 52.7 Å². The van der Waals surface area contributed by atoms with Crippen molar-refractivity contribution in [1.29, 1.82) is 0 Å². The van der Waals surface area contributed by atoms with Gasteiger partial charge in [0.05, 0.1) is 0 Å². The van der Waals surface area contributed by atoms with Crippen LogP contribution in [0.1, 0.15) is 22.3 Å². The summed E-state index contributed by atoms with van der Waals surface area (Å²) in [4.78, 5) is 4.77. The number of aromatic nitrogens is 1. The fourth-order valence-electron chi connectivity index (χ4n) is 7.36. The van der Waals surface area contributed by atoms with Crippen molar-refractivity contribution < 1.29 is 29.4 Å². The minimum atomic E-state index is 0. The molecule has 0 atom stereocenters. The van der Waals surface area contributed by atoms with Crippen molar-refractivity contribution in [3.05, 3.63) is 224 Å². The van der Waals surface area contributed by atoms with Crippen molar-refractivity contribution in [2.75, 3.05) is 0 Å². The summed E-state index contributed by atoms with van der Waals surface area (Å²) in [6, 6.07) is 68.9. The zero-order valence-electron chi connectivity index (χ0n) is 31.5. The Morgan fingerprint density at radius 3 is 1.71 bits per heavy atom. The first-order chi connectivity index (χ1) is 28.2. The number of aryl methyl sites for hydroxylation is 4. The fraction of sp³-hybridized carbons (Fsp3) is 0.0755. The number of thiophene rings is 1. The summed E-state index contributed by atoms with van der Waals surface area (Å²) in [5.41, 5.74) is 14.4. The first-order valence-electron chi connectivity index (χ1n) is 18.7. The van der Waals surface area contributed by atoms with Crippen molar-refractivity contribution in [1.82, 2.24) is 4.98 Å². The Morgan fingerprint density at radius 1 is 0.483 bits per heavy atom. The third-order valence-corrected chi connectivity index (χ3v) is 11.2. The summed E-state index contributed by atoms with van der Waals surface area (Å²) in [6.07, 6.45) is 5.84. The van der Waals surface area contributed by atoms with Gasteiger partial charge in [0.15, 0.2) is 0 Å². The first-order valence-corrected chi connectivity index (χ1v) is 19.5. The maximum absolute atomic E-state index is 7.50. The van der Waals surface area contributed by atoms with Crippen LogP contribution in [0.3, 0.4) is 0 Å². The molecule has 0 spiro atoms. The molecule has 7 aromatic carbocycles. The molecule has 0 N–H and O–H groups in total. The maximum atomic E-state index is 7.50. The van der Waals surface area contributed by atoms with Crippen LogP contribution < -0.4 is 0 Å². The Bertz CT molecular complexity index is 2700. The quantitative estimate of drug-likeness (QED) is 0.0995. The van der Waals surface area contributed by atoms with Gasteiger partial charge in [-0.05, 0) is 70.1 Å². The summed E-state index contributed by atoms with van der Waals surface area (Å²) < 4.78 is 17.6. The Kier molecular flexibility index (Phi) is 14.7. The van der Waals surface area contributed by atoms with E-state index < -0.39 is 0 Å². The molecule has 280 valence electrons. The van der Waals surface area contributed by atoms with E-state index in [2.05, 4.69) is 183 Å². The number of nitrogens with zero attached hydrogens (tertiary/aromatic N) is 1. The second-order valence-electron chi connectivity index (χ2n) is 13.6. The number of rotatable bonds is 10. The summed E-state index contributed by atoms with van der Waals surface area (Å²) in [7, 11) is 0. The van der Waals surface area contributed by atoms with E-state index in [1.165, 1.54) is 64.7 Å². The monoisotopic (exact) mass is 943 g/mol. The molecule has 0 amide bonds. The molecule has 9 rings (SSSR count). The van der Waals surface area contributed by atoms with E-state index in [9.17, 15) is 0 Å². The SMILES string of the molecule is [C-]#[O+].[C-]#[O+].[Ir+3].[c-]1cccc(CCc2cc(CCc3c[c-]ccc3)cc(-c3ccccc3-c3c[c-]c(-c4cc(-c5ccc6c(c5)sc5ccccc56)ccn4)cc3)c2)c1. The van der Waals surface area contributed by atoms with Gasteiger partial charge in [-0.1, -0.05) is 103 Å². The van der Waals surface area contributed by atoms with Gasteiger partial charge in [0.2, 0.25) is 0 Å². The zero-order chi connectivity index (χ0) is 39.4. The molecule has 3 nitrogen and oxygen atoms in total. The Morgan fingerprint density at radius 2 is 1.07 bits per heavy atom. The molecule has 2 aromatic heterocycles. The second kappa shape index (κ2) is 20.5. The van der Waals surface area contributed by atoms with Crippen LogP contribution in [0.5, 0.6) is 0 Å². The molecule has 0 bridgehead atoms. The summed E-state index contributed by atoms with van der Waals surface area (Å²) in [5, 5.41) is 2.63. The Labute approximate surface area is 357 Å². The van der Waals surface area contributed by atoms with Crippen LogP contribution >= 0.6 is 11.3 Å². The molecule has 0 saturated carbocycles. The molecule has 0 aliphatic rings. The Hall–Kier alpha value is -5.96. The van der Waals surface area contributed by atoms with Gasteiger partial charge in [0.25, 0.3) is 0 Å². The van der Waals surface area contributed by atoms with Crippen LogP contribution in [0.25, 0.3) is 64.8 Å². The van der Waals surface area contributed by atoms with Gasteiger partial charge in [0, 0.05) is 26.4 Å². The maximum Gasteiger partial charge on any atom is 3.00 e. The van der Waals surface area contributed by atoms with Crippen LogP contribution in [0.2, 0.25) is 0 Å². The molecule has 5 heteroatoms. The Balaban J connectivity index is 0.00000110. The number of hydrogen-bond donors (Lipinski definition) is 0. The van der Waals surface area contributed by atoms with Crippen LogP contribution in [0, 0.1) is 31.5 Å². The van der Waals surface area contributed by atoms with Crippen LogP contribution in [-0.2, 0) is 55.1 Å². The zero-order valence-corrected chi connectivity index (χ0v) is 34.7. The summed E-state index contributed by atoms with van der Waals surface area (Å²) in [6.45, 7) is 9.00. The standard InChI is InChI=1S/C51H36NS.2CO.Ir/c1-3-11-36(12-4-1)19-21-38-31-39(22-20-37-13-5-2-6-14-37)33-44(32-38)46-16-8-7-15-45(46)40-23-25-41(26-24-40)49-34-43(29-30-52-49)42-27-28-48-47-17-9-10-18-50(47)53-51(48)35-42;2*1-2;/h1-3,5,7-18,23-25,27-35H,19-22H2;;;/q-3;;;+3. The van der Waals surface area contributed by atoms with Gasteiger partial charge in [-0.25, -0.2) is 0 Å². The summed E-state index contributed by atoms with van der Waals surface area (Å²) >= 11 is 1.85. The first kappa shape index (κ1) is 41.7. The smallest absolute Gasteiger partial charge is 0.305 e. The van der Waals surface area contributed by atoms with Crippen molar-refractivity contribution in [2.45, 2.75) is 25.7 Å². The predicted molar refractivity (Wildman–Crippen MR) is 231 cm³/mol. The molecule has 0 saturated heterocycles. The third kappa shape index (κ3) is 9.76. The number of benzene rings is 7. The fourth-order valence-corrected chi connectivity index (χ4v) is 8.50. The van der Waals surface area contributed by atoms with Gasteiger partial charge in [-0.3, -0.25) is 0 Å².